The van der Waals surface area contributed by atoms with Gasteiger partial charge in [0.05, 0.1) is 30.4 Å². The van der Waals surface area contributed by atoms with E-state index in [1.54, 1.807) is 55.5 Å². The van der Waals surface area contributed by atoms with Crippen molar-refractivity contribution in [3.63, 3.8) is 0 Å². The Morgan fingerprint density at radius 1 is 1.17 bits per heavy atom. The molecule has 0 fully saturated rings. The fourth-order valence-electron chi connectivity index (χ4n) is 5.58. The van der Waals surface area contributed by atoms with Crippen molar-refractivity contribution in [2.75, 3.05) is 38.1 Å². The van der Waals surface area contributed by atoms with Gasteiger partial charge >= 0.3 is 0 Å². The van der Waals surface area contributed by atoms with E-state index in [-0.39, 0.29) is 65.2 Å². The number of amides is 2. The van der Waals surface area contributed by atoms with E-state index in [2.05, 4.69) is 14.9 Å². The number of pyridine rings is 1. The van der Waals surface area contributed by atoms with Crippen LogP contribution >= 0.6 is 0 Å². The van der Waals surface area contributed by atoms with Crippen molar-refractivity contribution >= 4 is 27.5 Å². The van der Waals surface area contributed by atoms with E-state index < -0.39 is 28.1 Å². The van der Waals surface area contributed by atoms with Gasteiger partial charge in [-0.25, -0.2) is 8.42 Å². The van der Waals surface area contributed by atoms with Crippen molar-refractivity contribution in [3.8, 4) is 5.75 Å². The zero-order valence-electron chi connectivity index (χ0n) is 27.8. The summed E-state index contributed by atoms with van der Waals surface area (Å²) in [5.74, 6) is -0.434. The quantitative estimate of drug-likeness (QED) is 0.357. The van der Waals surface area contributed by atoms with Crippen LogP contribution < -0.4 is 9.46 Å². The van der Waals surface area contributed by atoms with Gasteiger partial charge in [0.15, 0.2) is 10.7 Å². The molecule has 2 N–H and O–H groups in total. The van der Waals surface area contributed by atoms with Crippen LogP contribution in [-0.2, 0) is 14.8 Å². The fraction of sp³-hybridized carbons (Fsp3) is 0.515. The maximum Gasteiger partial charge on any atom is 0.267 e. The van der Waals surface area contributed by atoms with Gasteiger partial charge in [0.2, 0.25) is 0 Å². The molecule has 1 aromatic carbocycles. The summed E-state index contributed by atoms with van der Waals surface area (Å²) in [4.78, 5) is 34.6. The SMILES string of the molecule is Cc1noc(C)c1S(=O)(=O)Nc1ccc2c(c1)C(=O)N([C@H](C)CO)C[C@@H](C)[C@@H](CN(C)C(=O)c1ccncc1)OCCCC[C@H](C)O2. The number of carbonyl (C=O) groups is 2. The Balaban J connectivity index is 1.67. The van der Waals surface area contributed by atoms with Gasteiger partial charge in [0.25, 0.3) is 21.8 Å². The minimum absolute atomic E-state index is 0.0726. The topological polar surface area (TPSA) is 164 Å². The van der Waals surface area contributed by atoms with Gasteiger partial charge in [-0.15, -0.1) is 0 Å². The highest BCUT2D eigenvalue weighted by atomic mass is 32.2. The number of ether oxygens (including phenoxy) is 2. The molecule has 4 rings (SSSR count). The molecule has 0 unspecified atom stereocenters. The number of sulfonamides is 1. The molecule has 1 aliphatic heterocycles. The molecule has 13 nitrogen and oxygen atoms in total. The van der Waals surface area contributed by atoms with Crippen molar-refractivity contribution in [3.05, 3.63) is 65.3 Å². The molecule has 4 atom stereocenters. The van der Waals surface area contributed by atoms with E-state index >= 15 is 0 Å². The Bertz CT molecular complexity index is 1610. The molecule has 0 saturated heterocycles. The maximum absolute atomic E-state index is 14.4. The molecule has 0 radical (unpaired) electrons. The highest BCUT2D eigenvalue weighted by Crippen LogP contribution is 2.30. The van der Waals surface area contributed by atoms with E-state index in [0.29, 0.717) is 24.3 Å². The van der Waals surface area contributed by atoms with Crippen LogP contribution in [0.15, 0.2) is 52.1 Å². The summed E-state index contributed by atoms with van der Waals surface area (Å²) >= 11 is 0. The number of rotatable bonds is 8. The first-order chi connectivity index (χ1) is 22.3. The smallest absolute Gasteiger partial charge is 0.267 e. The summed E-state index contributed by atoms with van der Waals surface area (Å²) in [5.41, 5.74) is 1.01. The lowest BCUT2D eigenvalue weighted by molar-refractivity contribution is -0.0149. The lowest BCUT2D eigenvalue weighted by Gasteiger charge is -2.36. The van der Waals surface area contributed by atoms with E-state index in [9.17, 15) is 23.1 Å². The number of benzene rings is 1. The van der Waals surface area contributed by atoms with Crippen LogP contribution in [0.25, 0.3) is 0 Å². The number of aliphatic hydroxyl groups excluding tert-OH is 1. The van der Waals surface area contributed by atoms with Gasteiger partial charge in [-0.1, -0.05) is 12.1 Å². The normalized spacial score (nSPS) is 20.4. The third-order valence-electron chi connectivity index (χ3n) is 8.27. The molecule has 2 amide bonds. The Morgan fingerprint density at radius 3 is 2.55 bits per heavy atom. The summed E-state index contributed by atoms with van der Waals surface area (Å²) < 4.78 is 46.8. The number of aliphatic hydroxyl groups is 1. The predicted octanol–water partition coefficient (Wildman–Crippen LogP) is 4.05. The fourth-order valence-corrected chi connectivity index (χ4v) is 6.96. The largest absolute Gasteiger partial charge is 0.490 e. The van der Waals surface area contributed by atoms with Crippen LogP contribution in [0.3, 0.4) is 0 Å². The average molecular weight is 672 g/mol. The van der Waals surface area contributed by atoms with Gasteiger partial charge in [-0.05, 0) is 77.3 Å². The van der Waals surface area contributed by atoms with E-state index in [0.717, 1.165) is 12.8 Å². The Hall–Kier alpha value is -4.01. The lowest BCUT2D eigenvalue weighted by Crippen LogP contribution is -2.48. The van der Waals surface area contributed by atoms with Gasteiger partial charge in [-0.2, -0.15) is 0 Å². The number of hydrogen-bond acceptors (Lipinski definition) is 10. The highest BCUT2D eigenvalue weighted by Gasteiger charge is 2.32. The molecule has 14 heteroatoms. The van der Waals surface area contributed by atoms with Crippen LogP contribution in [0.1, 0.15) is 72.2 Å². The first-order valence-electron chi connectivity index (χ1n) is 15.8. The Labute approximate surface area is 276 Å². The van der Waals surface area contributed by atoms with E-state index in [1.165, 1.54) is 24.8 Å². The second kappa shape index (κ2) is 15.7. The third kappa shape index (κ3) is 8.87. The monoisotopic (exact) mass is 671 g/mol. The van der Waals surface area contributed by atoms with Crippen molar-refractivity contribution < 1.29 is 37.1 Å². The molecule has 3 aromatic rings. The van der Waals surface area contributed by atoms with Gasteiger partial charge < -0.3 is 28.9 Å². The van der Waals surface area contributed by atoms with Crippen molar-refractivity contribution in [1.29, 1.82) is 0 Å². The summed E-state index contributed by atoms with van der Waals surface area (Å²) in [6.45, 7) is 9.25. The number of aryl methyl sites for hydroxylation is 2. The van der Waals surface area contributed by atoms with Crippen molar-refractivity contribution in [1.82, 2.24) is 19.9 Å². The number of aromatic nitrogens is 2. The summed E-state index contributed by atoms with van der Waals surface area (Å²) in [6, 6.07) is 7.29. The minimum atomic E-state index is -4.09. The standard InChI is InChI=1S/C33H45N5O8S/c1-21-18-38(22(2)20-39)33(41)28-17-27(36-47(42,43)31-24(4)35-46-25(31)5)10-11-29(28)45-23(3)9-7-8-16-44-30(21)19-37(6)32(40)26-12-14-34-15-13-26/h10-15,17,21-23,30,36,39H,7-9,16,18-20H2,1-6H3/t21-,22-,23+,30-/m1/s1. The third-order valence-corrected chi connectivity index (χ3v) is 9.89. The molecule has 1 aliphatic rings. The second-order valence-corrected chi connectivity index (χ2v) is 13.8. The number of likely N-dealkylation sites (N-methyl/N-ethyl adjacent to an activating group) is 1. The molecule has 0 bridgehead atoms. The van der Waals surface area contributed by atoms with Crippen LogP contribution in [-0.4, -0.2) is 96.9 Å². The molecule has 0 spiro atoms. The molecule has 2 aromatic heterocycles. The Kier molecular flexibility index (Phi) is 12.0. The van der Waals surface area contributed by atoms with Gasteiger partial charge in [0, 0.05) is 56.3 Å². The maximum atomic E-state index is 14.4. The zero-order chi connectivity index (χ0) is 34.3. The predicted molar refractivity (Wildman–Crippen MR) is 175 cm³/mol. The zero-order valence-corrected chi connectivity index (χ0v) is 28.6. The average Bonchev–Trinajstić information content (AvgIpc) is 3.40. The molecule has 256 valence electrons. The summed E-state index contributed by atoms with van der Waals surface area (Å²) in [6.07, 6.45) is 4.72. The highest BCUT2D eigenvalue weighted by molar-refractivity contribution is 7.92. The lowest BCUT2D eigenvalue weighted by atomic mass is 10.0. The number of anilines is 1. The summed E-state index contributed by atoms with van der Waals surface area (Å²) in [7, 11) is -2.38. The number of fused-ring (bicyclic) bond motifs is 1. The molecule has 47 heavy (non-hydrogen) atoms. The number of hydrogen-bond donors (Lipinski definition) is 2. The molecular formula is C33H45N5O8S. The molecule has 0 saturated carbocycles. The summed E-state index contributed by atoms with van der Waals surface area (Å²) in [5, 5.41) is 14.0. The first-order valence-corrected chi connectivity index (χ1v) is 17.3. The van der Waals surface area contributed by atoms with E-state index in [4.69, 9.17) is 14.0 Å². The number of nitrogens with zero attached hydrogens (tertiary/aromatic N) is 4. The first kappa shape index (κ1) is 35.8. The molecule has 3 heterocycles. The number of carbonyl (C=O) groups excluding carboxylic acids is 2. The number of nitrogens with one attached hydrogen (secondary N) is 1. The Morgan fingerprint density at radius 2 is 1.89 bits per heavy atom. The van der Waals surface area contributed by atoms with Crippen molar-refractivity contribution in [2.24, 2.45) is 5.92 Å². The van der Waals surface area contributed by atoms with Crippen LogP contribution in [0.2, 0.25) is 0 Å². The van der Waals surface area contributed by atoms with Gasteiger partial charge in [0.1, 0.15) is 11.4 Å². The van der Waals surface area contributed by atoms with Crippen LogP contribution in [0, 0.1) is 19.8 Å². The van der Waals surface area contributed by atoms with Crippen molar-refractivity contribution in [2.45, 2.75) is 77.0 Å². The van der Waals surface area contributed by atoms with E-state index in [1.807, 2.05) is 13.8 Å². The van der Waals surface area contributed by atoms with Crippen LogP contribution in [0.4, 0.5) is 5.69 Å². The minimum Gasteiger partial charge on any atom is -0.490 e. The second-order valence-electron chi connectivity index (χ2n) is 12.2. The van der Waals surface area contributed by atoms with Gasteiger partial charge in [-0.3, -0.25) is 19.3 Å². The molecule has 0 aliphatic carbocycles. The van der Waals surface area contributed by atoms with Crippen LogP contribution in [0.5, 0.6) is 5.75 Å². The molecular weight excluding hydrogens is 626 g/mol.